The van der Waals surface area contributed by atoms with Crippen LogP contribution >= 0.6 is 11.6 Å². The molecule has 0 radical (unpaired) electrons. The minimum Gasteiger partial charge on any atom is -0.326 e. The monoisotopic (exact) mass is 302 g/mol. The number of hydrogen-bond acceptors (Lipinski definition) is 3. The van der Waals surface area contributed by atoms with Gasteiger partial charge in [0, 0.05) is 24.7 Å². The van der Waals surface area contributed by atoms with Gasteiger partial charge in [-0.05, 0) is 35.6 Å². The zero-order chi connectivity index (χ0) is 14.2. The summed E-state index contributed by atoms with van der Waals surface area (Å²) in [5.74, 6) is 0.770. The van der Waals surface area contributed by atoms with Crippen molar-refractivity contribution in [2.24, 2.45) is 17.6 Å². The summed E-state index contributed by atoms with van der Waals surface area (Å²) >= 11 is 5.96. The van der Waals surface area contributed by atoms with E-state index in [1.54, 1.807) is 22.5 Å². The lowest BCUT2D eigenvalue weighted by Gasteiger charge is -2.17. The van der Waals surface area contributed by atoms with E-state index >= 15 is 0 Å². The standard InChI is InChI=1S/C13H19ClN2O2S/c1-9-7-16(8-10(9)2)19(17,18)12-3-4-13(14)11(5-12)6-15/h3-5,9-10H,6-8,15H2,1-2H3. The molecule has 0 spiro atoms. The Kier molecular flexibility index (Phi) is 4.20. The van der Waals surface area contributed by atoms with Crippen LogP contribution in [0.15, 0.2) is 23.1 Å². The molecule has 19 heavy (non-hydrogen) atoms. The maximum Gasteiger partial charge on any atom is 0.243 e. The van der Waals surface area contributed by atoms with Crippen molar-refractivity contribution in [1.29, 1.82) is 0 Å². The number of nitrogens with two attached hydrogens (primary N) is 1. The summed E-state index contributed by atoms with van der Waals surface area (Å²) in [5.41, 5.74) is 6.22. The highest BCUT2D eigenvalue weighted by Crippen LogP contribution is 2.29. The molecule has 6 heteroatoms. The first-order chi connectivity index (χ1) is 8.86. The summed E-state index contributed by atoms with van der Waals surface area (Å²) < 4.78 is 26.6. The summed E-state index contributed by atoms with van der Waals surface area (Å²) in [6, 6.07) is 4.72. The van der Waals surface area contributed by atoms with Crippen molar-refractivity contribution in [2.45, 2.75) is 25.3 Å². The van der Waals surface area contributed by atoms with E-state index in [9.17, 15) is 8.42 Å². The molecule has 0 amide bonds. The van der Waals surface area contributed by atoms with Crippen LogP contribution in [0.3, 0.4) is 0 Å². The summed E-state index contributed by atoms with van der Waals surface area (Å²) in [5, 5.41) is 0.504. The zero-order valence-electron chi connectivity index (χ0n) is 11.1. The van der Waals surface area contributed by atoms with Gasteiger partial charge >= 0.3 is 0 Å². The molecular formula is C13H19ClN2O2S. The van der Waals surface area contributed by atoms with E-state index in [4.69, 9.17) is 17.3 Å². The van der Waals surface area contributed by atoms with Crippen molar-refractivity contribution >= 4 is 21.6 Å². The lowest BCUT2D eigenvalue weighted by molar-refractivity contribution is 0.463. The van der Waals surface area contributed by atoms with Gasteiger partial charge in [0.25, 0.3) is 0 Å². The number of rotatable bonds is 3. The highest BCUT2D eigenvalue weighted by atomic mass is 35.5. The van der Waals surface area contributed by atoms with Crippen LogP contribution in [-0.4, -0.2) is 25.8 Å². The predicted molar refractivity (Wildman–Crippen MR) is 76.4 cm³/mol. The number of benzene rings is 1. The SMILES string of the molecule is CC1CN(S(=O)(=O)c2ccc(Cl)c(CN)c2)CC1C. The molecule has 1 fully saturated rings. The van der Waals surface area contributed by atoms with Crippen molar-refractivity contribution in [3.63, 3.8) is 0 Å². The maximum atomic E-state index is 12.5. The second kappa shape index (κ2) is 5.40. The average Bonchev–Trinajstić information content (AvgIpc) is 2.70. The lowest BCUT2D eigenvalue weighted by Crippen LogP contribution is -2.29. The predicted octanol–water partition coefficient (Wildman–Crippen LogP) is 2.08. The number of hydrogen-bond donors (Lipinski definition) is 1. The fourth-order valence-corrected chi connectivity index (χ4v) is 4.18. The van der Waals surface area contributed by atoms with Crippen LogP contribution in [0.4, 0.5) is 0 Å². The smallest absolute Gasteiger partial charge is 0.243 e. The summed E-state index contributed by atoms with van der Waals surface area (Å²) in [6.45, 7) is 5.53. The molecule has 2 atom stereocenters. The van der Waals surface area contributed by atoms with Gasteiger partial charge in [-0.3, -0.25) is 0 Å². The van der Waals surface area contributed by atoms with Crippen LogP contribution in [0.25, 0.3) is 0 Å². The first-order valence-corrected chi connectivity index (χ1v) is 8.16. The molecule has 1 aromatic rings. The van der Waals surface area contributed by atoms with Crippen molar-refractivity contribution in [1.82, 2.24) is 4.31 Å². The Morgan fingerprint density at radius 1 is 1.32 bits per heavy atom. The van der Waals surface area contributed by atoms with Crippen LogP contribution in [0.1, 0.15) is 19.4 Å². The van der Waals surface area contributed by atoms with E-state index in [2.05, 4.69) is 13.8 Å². The second-order valence-electron chi connectivity index (χ2n) is 5.23. The average molecular weight is 303 g/mol. The molecule has 2 unspecified atom stereocenters. The van der Waals surface area contributed by atoms with Gasteiger partial charge in [0.05, 0.1) is 4.90 Å². The topological polar surface area (TPSA) is 63.4 Å². The fourth-order valence-electron chi connectivity index (χ4n) is 2.29. The van der Waals surface area contributed by atoms with Crippen LogP contribution in [-0.2, 0) is 16.6 Å². The summed E-state index contributed by atoms with van der Waals surface area (Å²) in [7, 11) is -3.43. The molecular weight excluding hydrogens is 284 g/mol. The van der Waals surface area contributed by atoms with Crippen LogP contribution in [0.2, 0.25) is 5.02 Å². The zero-order valence-corrected chi connectivity index (χ0v) is 12.7. The number of halogens is 1. The van der Waals surface area contributed by atoms with Crippen molar-refractivity contribution in [3.8, 4) is 0 Å². The molecule has 2 rings (SSSR count). The van der Waals surface area contributed by atoms with E-state index < -0.39 is 10.0 Å². The van der Waals surface area contributed by atoms with E-state index in [0.29, 0.717) is 35.5 Å². The van der Waals surface area contributed by atoms with E-state index in [1.807, 2.05) is 0 Å². The van der Waals surface area contributed by atoms with E-state index in [-0.39, 0.29) is 11.4 Å². The van der Waals surface area contributed by atoms with Gasteiger partial charge < -0.3 is 5.73 Å². The lowest BCUT2D eigenvalue weighted by atomic mass is 10.0. The molecule has 0 saturated carbocycles. The minimum atomic E-state index is -3.43. The highest BCUT2D eigenvalue weighted by Gasteiger charge is 2.35. The molecule has 0 aromatic heterocycles. The van der Waals surface area contributed by atoms with E-state index in [0.717, 1.165) is 0 Å². The third kappa shape index (κ3) is 2.79. The van der Waals surface area contributed by atoms with E-state index in [1.165, 1.54) is 0 Å². The third-order valence-corrected chi connectivity index (χ3v) is 6.03. The third-order valence-electron chi connectivity index (χ3n) is 3.83. The van der Waals surface area contributed by atoms with Crippen LogP contribution < -0.4 is 5.73 Å². The Bertz CT molecular complexity index is 564. The molecule has 1 aromatic carbocycles. The molecule has 2 N–H and O–H groups in total. The van der Waals surface area contributed by atoms with Gasteiger partial charge in [0.15, 0.2) is 0 Å². The molecule has 1 heterocycles. The van der Waals surface area contributed by atoms with Crippen LogP contribution in [0, 0.1) is 11.8 Å². The molecule has 0 aliphatic carbocycles. The molecule has 1 aliphatic heterocycles. The van der Waals surface area contributed by atoms with Gasteiger partial charge in [-0.1, -0.05) is 25.4 Å². The Morgan fingerprint density at radius 2 is 1.89 bits per heavy atom. The Hall–Kier alpha value is -0.620. The molecule has 0 bridgehead atoms. The summed E-state index contributed by atoms with van der Waals surface area (Å²) in [4.78, 5) is 0.277. The Balaban J connectivity index is 2.35. The van der Waals surface area contributed by atoms with Crippen LogP contribution in [0.5, 0.6) is 0 Å². The first-order valence-electron chi connectivity index (χ1n) is 6.35. The number of nitrogens with zero attached hydrogens (tertiary/aromatic N) is 1. The van der Waals surface area contributed by atoms with Crippen molar-refractivity contribution in [3.05, 3.63) is 28.8 Å². The van der Waals surface area contributed by atoms with Gasteiger partial charge in [-0.15, -0.1) is 0 Å². The molecule has 106 valence electrons. The largest absolute Gasteiger partial charge is 0.326 e. The molecule has 4 nitrogen and oxygen atoms in total. The number of sulfonamides is 1. The normalized spacial score (nSPS) is 24.8. The van der Waals surface area contributed by atoms with Gasteiger partial charge in [-0.25, -0.2) is 8.42 Å². The van der Waals surface area contributed by atoms with Crippen molar-refractivity contribution in [2.75, 3.05) is 13.1 Å². The Labute approximate surface area is 119 Å². The molecule has 1 saturated heterocycles. The summed E-state index contributed by atoms with van der Waals surface area (Å²) in [6.07, 6.45) is 0. The Morgan fingerprint density at radius 3 is 2.42 bits per heavy atom. The fraction of sp³-hybridized carbons (Fsp3) is 0.538. The minimum absolute atomic E-state index is 0.231. The maximum absolute atomic E-state index is 12.5. The van der Waals surface area contributed by atoms with Gasteiger partial charge in [0.2, 0.25) is 10.0 Å². The second-order valence-corrected chi connectivity index (χ2v) is 7.58. The van der Waals surface area contributed by atoms with Gasteiger partial charge in [-0.2, -0.15) is 4.31 Å². The quantitative estimate of drug-likeness (QED) is 0.930. The van der Waals surface area contributed by atoms with Gasteiger partial charge in [0.1, 0.15) is 0 Å². The highest BCUT2D eigenvalue weighted by molar-refractivity contribution is 7.89. The van der Waals surface area contributed by atoms with Crippen molar-refractivity contribution < 1.29 is 8.42 Å². The molecule has 1 aliphatic rings. The first kappa shape index (κ1) is 14.8.